The molecular formula is C12H12O2S2. The van der Waals surface area contributed by atoms with Crippen LogP contribution in [0.2, 0.25) is 0 Å². The molecule has 0 N–H and O–H groups in total. The van der Waals surface area contributed by atoms with Crippen molar-refractivity contribution in [1.82, 2.24) is 0 Å². The SMILES string of the molecule is C(=C\SCc1ccco1)/SCc1ccco1. The average molecular weight is 252 g/mol. The van der Waals surface area contributed by atoms with Crippen LogP contribution < -0.4 is 0 Å². The number of rotatable bonds is 6. The van der Waals surface area contributed by atoms with Gasteiger partial charge in [0.25, 0.3) is 0 Å². The normalized spacial score (nSPS) is 11.2. The van der Waals surface area contributed by atoms with Crippen molar-refractivity contribution in [1.29, 1.82) is 0 Å². The Bertz CT molecular complexity index is 364. The Hall–Kier alpha value is -1.00. The maximum Gasteiger partial charge on any atom is 0.113 e. The van der Waals surface area contributed by atoms with Crippen LogP contribution in [0.1, 0.15) is 11.5 Å². The van der Waals surface area contributed by atoms with Crippen molar-refractivity contribution in [3.05, 3.63) is 59.1 Å². The van der Waals surface area contributed by atoms with Crippen LogP contribution in [-0.4, -0.2) is 0 Å². The van der Waals surface area contributed by atoms with Crippen molar-refractivity contribution in [3.63, 3.8) is 0 Å². The van der Waals surface area contributed by atoms with Crippen molar-refractivity contribution in [2.24, 2.45) is 0 Å². The van der Waals surface area contributed by atoms with Crippen LogP contribution in [-0.2, 0) is 11.5 Å². The van der Waals surface area contributed by atoms with E-state index in [2.05, 4.69) is 10.8 Å². The van der Waals surface area contributed by atoms with Gasteiger partial charge in [-0.1, -0.05) is 0 Å². The lowest BCUT2D eigenvalue weighted by Gasteiger charge is -1.92. The molecule has 0 atom stereocenters. The second-order valence-electron chi connectivity index (χ2n) is 3.05. The first-order valence-electron chi connectivity index (χ1n) is 4.88. The molecule has 0 bridgehead atoms. The summed E-state index contributed by atoms with van der Waals surface area (Å²) < 4.78 is 10.4. The van der Waals surface area contributed by atoms with E-state index in [1.807, 2.05) is 24.3 Å². The van der Waals surface area contributed by atoms with Crippen molar-refractivity contribution >= 4 is 23.5 Å². The molecule has 0 spiro atoms. The molecule has 0 aliphatic heterocycles. The summed E-state index contributed by atoms with van der Waals surface area (Å²) in [7, 11) is 0. The van der Waals surface area contributed by atoms with Crippen LogP contribution in [0.15, 0.2) is 56.4 Å². The minimum absolute atomic E-state index is 0.880. The van der Waals surface area contributed by atoms with Gasteiger partial charge in [-0.25, -0.2) is 0 Å². The topological polar surface area (TPSA) is 26.3 Å². The molecule has 0 aliphatic carbocycles. The molecular weight excluding hydrogens is 240 g/mol. The summed E-state index contributed by atoms with van der Waals surface area (Å²) in [6, 6.07) is 7.78. The van der Waals surface area contributed by atoms with E-state index in [1.54, 1.807) is 36.1 Å². The number of thioether (sulfide) groups is 2. The van der Waals surface area contributed by atoms with Gasteiger partial charge in [0.2, 0.25) is 0 Å². The van der Waals surface area contributed by atoms with Gasteiger partial charge in [-0.15, -0.1) is 23.5 Å². The molecule has 2 aromatic heterocycles. The quantitative estimate of drug-likeness (QED) is 0.755. The highest BCUT2D eigenvalue weighted by Crippen LogP contribution is 2.18. The third-order valence-electron chi connectivity index (χ3n) is 1.86. The minimum Gasteiger partial charge on any atom is -0.468 e. The smallest absolute Gasteiger partial charge is 0.113 e. The molecule has 2 heterocycles. The van der Waals surface area contributed by atoms with E-state index in [1.165, 1.54) is 0 Å². The molecule has 0 aliphatic rings. The second kappa shape index (κ2) is 6.55. The van der Waals surface area contributed by atoms with Crippen molar-refractivity contribution in [2.75, 3.05) is 0 Å². The summed E-state index contributed by atoms with van der Waals surface area (Å²) in [5.74, 6) is 3.77. The van der Waals surface area contributed by atoms with Crippen LogP contribution in [0.4, 0.5) is 0 Å². The van der Waals surface area contributed by atoms with Gasteiger partial charge in [0, 0.05) is 0 Å². The number of furan rings is 2. The zero-order valence-corrected chi connectivity index (χ0v) is 10.3. The van der Waals surface area contributed by atoms with Crippen LogP contribution in [0.5, 0.6) is 0 Å². The standard InChI is InChI=1S/C12H12O2S2/c1-3-11(13-5-1)9-15-7-8-16-10-12-4-2-6-14-12/h1-8H,9-10H2/b8-7+. The molecule has 0 unspecified atom stereocenters. The van der Waals surface area contributed by atoms with Gasteiger partial charge in [-0.3, -0.25) is 0 Å². The van der Waals surface area contributed by atoms with Crippen molar-refractivity contribution in [3.8, 4) is 0 Å². The molecule has 0 fully saturated rings. The Morgan fingerprint density at radius 3 is 1.75 bits per heavy atom. The fourth-order valence-corrected chi connectivity index (χ4v) is 2.61. The Labute approximate surface area is 103 Å². The maximum atomic E-state index is 5.22. The van der Waals surface area contributed by atoms with E-state index < -0.39 is 0 Å². The molecule has 4 heteroatoms. The zero-order chi connectivity index (χ0) is 11.1. The molecule has 0 saturated heterocycles. The van der Waals surface area contributed by atoms with Gasteiger partial charge >= 0.3 is 0 Å². The third-order valence-corrected chi connectivity index (χ3v) is 3.59. The van der Waals surface area contributed by atoms with E-state index in [0.717, 1.165) is 23.0 Å². The fourth-order valence-electron chi connectivity index (χ4n) is 1.13. The lowest BCUT2D eigenvalue weighted by molar-refractivity contribution is 0.530. The highest BCUT2D eigenvalue weighted by Gasteiger charge is 1.94. The maximum absolute atomic E-state index is 5.22. The van der Waals surface area contributed by atoms with E-state index in [0.29, 0.717) is 0 Å². The first kappa shape index (κ1) is 11.5. The zero-order valence-electron chi connectivity index (χ0n) is 8.67. The largest absolute Gasteiger partial charge is 0.468 e. The van der Waals surface area contributed by atoms with E-state index in [4.69, 9.17) is 8.83 Å². The highest BCUT2D eigenvalue weighted by atomic mass is 32.2. The molecule has 2 nitrogen and oxygen atoms in total. The molecule has 0 radical (unpaired) electrons. The van der Waals surface area contributed by atoms with Crippen LogP contribution in [0.3, 0.4) is 0 Å². The summed E-state index contributed by atoms with van der Waals surface area (Å²) in [6.45, 7) is 0. The van der Waals surface area contributed by atoms with Gasteiger partial charge in [0.15, 0.2) is 0 Å². The van der Waals surface area contributed by atoms with Crippen LogP contribution in [0.25, 0.3) is 0 Å². The molecule has 0 saturated carbocycles. The predicted octanol–water partition coefficient (Wildman–Crippen LogP) is 4.51. The highest BCUT2D eigenvalue weighted by molar-refractivity contribution is 8.04. The monoisotopic (exact) mass is 252 g/mol. The van der Waals surface area contributed by atoms with E-state index >= 15 is 0 Å². The minimum atomic E-state index is 0.880. The van der Waals surface area contributed by atoms with E-state index in [9.17, 15) is 0 Å². The van der Waals surface area contributed by atoms with E-state index in [-0.39, 0.29) is 0 Å². The summed E-state index contributed by atoms with van der Waals surface area (Å²) >= 11 is 3.44. The number of hydrogen-bond donors (Lipinski definition) is 0. The second-order valence-corrected chi connectivity index (χ2v) is 4.84. The molecule has 84 valence electrons. The summed E-state index contributed by atoms with van der Waals surface area (Å²) in [5, 5.41) is 4.16. The first-order valence-corrected chi connectivity index (χ1v) is 6.98. The summed E-state index contributed by atoms with van der Waals surface area (Å²) in [4.78, 5) is 0. The summed E-state index contributed by atoms with van der Waals surface area (Å²) in [6.07, 6.45) is 3.40. The van der Waals surface area contributed by atoms with Gasteiger partial charge in [-0.2, -0.15) is 0 Å². The Morgan fingerprint density at radius 2 is 1.38 bits per heavy atom. The van der Waals surface area contributed by atoms with Crippen molar-refractivity contribution in [2.45, 2.75) is 11.5 Å². The Morgan fingerprint density at radius 1 is 0.875 bits per heavy atom. The molecule has 0 aromatic carbocycles. The lowest BCUT2D eigenvalue weighted by atomic mass is 10.5. The molecule has 2 rings (SSSR count). The first-order chi connectivity index (χ1) is 7.95. The lowest BCUT2D eigenvalue weighted by Crippen LogP contribution is -1.71. The Balaban J connectivity index is 1.59. The van der Waals surface area contributed by atoms with Crippen LogP contribution in [0, 0.1) is 0 Å². The van der Waals surface area contributed by atoms with Gasteiger partial charge in [-0.05, 0) is 35.1 Å². The van der Waals surface area contributed by atoms with Crippen LogP contribution >= 0.6 is 23.5 Å². The number of hydrogen-bond acceptors (Lipinski definition) is 4. The fraction of sp³-hybridized carbons (Fsp3) is 0.167. The average Bonchev–Trinajstić information content (AvgIpc) is 2.96. The van der Waals surface area contributed by atoms with Gasteiger partial charge in [0.1, 0.15) is 11.5 Å². The summed E-state index contributed by atoms with van der Waals surface area (Å²) in [5.41, 5.74) is 0. The molecule has 0 amide bonds. The predicted molar refractivity (Wildman–Crippen MR) is 69.1 cm³/mol. The van der Waals surface area contributed by atoms with Gasteiger partial charge < -0.3 is 8.83 Å². The van der Waals surface area contributed by atoms with Crippen molar-refractivity contribution < 1.29 is 8.83 Å². The van der Waals surface area contributed by atoms with Gasteiger partial charge in [0.05, 0.1) is 24.0 Å². The Kier molecular flexibility index (Phi) is 4.70. The third kappa shape index (κ3) is 3.87. The molecule has 16 heavy (non-hydrogen) atoms. The molecule has 2 aromatic rings.